The van der Waals surface area contributed by atoms with Gasteiger partial charge in [-0.3, -0.25) is 10.1 Å². The average Bonchev–Trinajstić information content (AvgIpc) is 3.14. The third kappa shape index (κ3) is 4.19. The molecule has 0 bridgehead atoms. The van der Waals surface area contributed by atoms with Crippen LogP contribution in [0.3, 0.4) is 0 Å². The largest absolute Gasteiger partial charge is 0.497 e. The third-order valence-electron chi connectivity index (χ3n) is 4.53. The van der Waals surface area contributed by atoms with Crippen LogP contribution in [0.5, 0.6) is 5.75 Å². The summed E-state index contributed by atoms with van der Waals surface area (Å²) in [4.78, 5) is 16.7. The molecule has 0 saturated carbocycles. The van der Waals surface area contributed by atoms with E-state index in [9.17, 15) is 4.79 Å². The summed E-state index contributed by atoms with van der Waals surface area (Å²) in [7, 11) is 1.62. The van der Waals surface area contributed by atoms with Gasteiger partial charge < -0.3 is 10.1 Å². The highest BCUT2D eigenvalue weighted by atomic mass is 16.5. The first-order valence-corrected chi connectivity index (χ1v) is 9.22. The number of amides is 1. The van der Waals surface area contributed by atoms with Crippen molar-refractivity contribution in [3.05, 3.63) is 83.6 Å². The van der Waals surface area contributed by atoms with Crippen LogP contribution in [0.15, 0.2) is 72.4 Å². The van der Waals surface area contributed by atoms with Crippen LogP contribution in [0.25, 0.3) is 6.08 Å². The molecule has 0 fully saturated rings. The minimum absolute atomic E-state index is 0.0829. The molecule has 1 amide bonds. The highest BCUT2D eigenvalue weighted by Gasteiger charge is 2.23. The van der Waals surface area contributed by atoms with Gasteiger partial charge in [0.25, 0.3) is 11.9 Å². The summed E-state index contributed by atoms with van der Waals surface area (Å²) < 4.78 is 6.90. The lowest BCUT2D eigenvalue weighted by Gasteiger charge is -2.22. The molecule has 146 valence electrons. The predicted octanol–water partition coefficient (Wildman–Crippen LogP) is 3.86. The quantitative estimate of drug-likeness (QED) is 0.650. The molecular formula is C22H21N5O2. The van der Waals surface area contributed by atoms with Crippen LogP contribution in [0.2, 0.25) is 0 Å². The van der Waals surface area contributed by atoms with Gasteiger partial charge in [0, 0.05) is 11.8 Å². The minimum atomic E-state index is -0.301. The van der Waals surface area contributed by atoms with Crippen molar-refractivity contribution in [2.75, 3.05) is 17.7 Å². The second kappa shape index (κ2) is 8.02. The number of benzene rings is 2. The molecule has 1 unspecified atom stereocenters. The number of nitrogens with zero attached hydrogens (tertiary/aromatic N) is 3. The van der Waals surface area contributed by atoms with Crippen molar-refractivity contribution in [2.24, 2.45) is 0 Å². The minimum Gasteiger partial charge on any atom is -0.497 e. The van der Waals surface area contributed by atoms with E-state index in [0.717, 1.165) is 22.6 Å². The molecule has 29 heavy (non-hydrogen) atoms. The van der Waals surface area contributed by atoms with Crippen molar-refractivity contribution < 1.29 is 9.53 Å². The Kier molecular flexibility index (Phi) is 5.11. The number of hydrogen-bond donors (Lipinski definition) is 2. The number of rotatable bonds is 5. The maximum atomic E-state index is 12.3. The smallest absolute Gasteiger partial charge is 0.250 e. The molecule has 4 rings (SSSR count). The van der Waals surface area contributed by atoms with E-state index in [2.05, 4.69) is 26.8 Å². The average molecular weight is 387 g/mol. The van der Waals surface area contributed by atoms with E-state index in [-0.39, 0.29) is 17.9 Å². The molecule has 0 radical (unpaired) electrons. The molecule has 0 aliphatic carbocycles. The molecule has 2 heterocycles. The van der Waals surface area contributed by atoms with Crippen LogP contribution in [-0.4, -0.2) is 27.8 Å². The normalized spacial score (nSPS) is 15.4. The van der Waals surface area contributed by atoms with Crippen molar-refractivity contribution in [1.82, 2.24) is 14.8 Å². The van der Waals surface area contributed by atoms with Crippen molar-refractivity contribution in [2.45, 2.75) is 13.0 Å². The molecular weight excluding hydrogens is 366 g/mol. The number of nitrogens with one attached hydrogen (secondary N) is 2. The maximum Gasteiger partial charge on any atom is 0.250 e. The van der Waals surface area contributed by atoms with Gasteiger partial charge in [0.05, 0.1) is 7.11 Å². The molecule has 7 heteroatoms. The number of fused-ring (bicyclic) bond motifs is 1. The first-order valence-electron chi connectivity index (χ1n) is 9.22. The molecule has 2 N–H and O–H groups in total. The fourth-order valence-electron chi connectivity index (χ4n) is 3.11. The zero-order chi connectivity index (χ0) is 20.2. The Morgan fingerprint density at radius 1 is 1.17 bits per heavy atom. The zero-order valence-electron chi connectivity index (χ0n) is 16.2. The fourth-order valence-corrected chi connectivity index (χ4v) is 3.11. The molecule has 1 aliphatic rings. The van der Waals surface area contributed by atoms with Gasteiger partial charge in [0.2, 0.25) is 5.95 Å². The molecule has 7 nitrogen and oxygen atoms in total. The topological polar surface area (TPSA) is 81.1 Å². The van der Waals surface area contributed by atoms with Crippen LogP contribution in [-0.2, 0) is 4.79 Å². The van der Waals surface area contributed by atoms with E-state index in [1.807, 2.05) is 61.5 Å². The summed E-state index contributed by atoms with van der Waals surface area (Å²) in [6.45, 7) is 1.98. The Morgan fingerprint density at radius 3 is 2.66 bits per heavy atom. The van der Waals surface area contributed by atoms with Crippen LogP contribution >= 0.6 is 0 Å². The number of anilines is 2. The van der Waals surface area contributed by atoms with Gasteiger partial charge in [-0.15, -0.1) is 5.10 Å². The van der Waals surface area contributed by atoms with Gasteiger partial charge >= 0.3 is 0 Å². The number of aromatic nitrogens is 3. The SMILES string of the molecule is COc1ccc(C=CC(=O)Nc2nc3n(n2)C(c2ccccc2)C=C(C)N3)cc1. The van der Waals surface area contributed by atoms with Gasteiger partial charge in [-0.25, -0.2) is 4.68 Å². The Morgan fingerprint density at radius 2 is 1.93 bits per heavy atom. The number of methoxy groups -OCH3 is 1. The van der Waals surface area contributed by atoms with E-state index in [1.54, 1.807) is 17.9 Å². The van der Waals surface area contributed by atoms with Crippen molar-refractivity contribution in [3.63, 3.8) is 0 Å². The lowest BCUT2D eigenvalue weighted by atomic mass is 10.1. The summed E-state index contributed by atoms with van der Waals surface area (Å²) in [5.74, 6) is 1.31. The highest BCUT2D eigenvalue weighted by Crippen LogP contribution is 2.29. The summed E-state index contributed by atoms with van der Waals surface area (Å²) >= 11 is 0. The molecule has 1 aromatic heterocycles. The molecule has 0 spiro atoms. The second-order valence-electron chi connectivity index (χ2n) is 6.63. The van der Waals surface area contributed by atoms with E-state index >= 15 is 0 Å². The first kappa shape index (κ1) is 18.5. The van der Waals surface area contributed by atoms with Crippen LogP contribution in [0.1, 0.15) is 24.1 Å². The highest BCUT2D eigenvalue weighted by molar-refractivity contribution is 6.00. The molecule has 2 aromatic carbocycles. The Balaban J connectivity index is 1.49. The summed E-state index contributed by atoms with van der Waals surface area (Å²) in [5.41, 5.74) is 2.97. The van der Waals surface area contributed by atoms with Crippen molar-refractivity contribution in [1.29, 1.82) is 0 Å². The fraction of sp³-hybridized carbons (Fsp3) is 0.136. The molecule has 3 aromatic rings. The number of carbonyl (C=O) groups is 1. The van der Waals surface area contributed by atoms with E-state index < -0.39 is 0 Å². The third-order valence-corrected chi connectivity index (χ3v) is 4.53. The van der Waals surface area contributed by atoms with Crippen molar-refractivity contribution >= 4 is 23.9 Å². The zero-order valence-corrected chi connectivity index (χ0v) is 16.2. The lowest BCUT2D eigenvalue weighted by molar-refractivity contribution is -0.111. The summed E-state index contributed by atoms with van der Waals surface area (Å²) in [6.07, 6.45) is 5.25. The predicted molar refractivity (Wildman–Crippen MR) is 113 cm³/mol. The van der Waals surface area contributed by atoms with Gasteiger partial charge in [0.15, 0.2) is 0 Å². The number of hydrogen-bond acceptors (Lipinski definition) is 5. The van der Waals surface area contributed by atoms with Crippen LogP contribution < -0.4 is 15.4 Å². The monoisotopic (exact) mass is 387 g/mol. The number of allylic oxidation sites excluding steroid dienone is 2. The van der Waals surface area contributed by atoms with E-state index in [4.69, 9.17) is 4.74 Å². The standard InChI is InChI=1S/C22H21N5O2/c1-15-14-19(17-6-4-3-5-7-17)27-22(23-15)25-21(26-27)24-20(28)13-10-16-8-11-18(29-2)12-9-16/h3-14,19H,1-2H3,(H2,23,24,25,26,28). The molecule has 1 aliphatic heterocycles. The maximum absolute atomic E-state index is 12.3. The molecule has 0 saturated heterocycles. The van der Waals surface area contributed by atoms with Gasteiger partial charge in [-0.1, -0.05) is 42.5 Å². The number of carbonyl (C=O) groups excluding carboxylic acids is 1. The van der Waals surface area contributed by atoms with E-state index in [0.29, 0.717) is 5.95 Å². The first-order chi connectivity index (χ1) is 14.1. The Bertz CT molecular complexity index is 1070. The van der Waals surface area contributed by atoms with Gasteiger partial charge in [-0.2, -0.15) is 4.98 Å². The van der Waals surface area contributed by atoms with Gasteiger partial charge in [-0.05, 0) is 42.3 Å². The number of ether oxygens (including phenoxy) is 1. The summed E-state index contributed by atoms with van der Waals surface area (Å²) in [5, 5.41) is 10.4. The Labute approximate surface area is 168 Å². The van der Waals surface area contributed by atoms with Gasteiger partial charge in [0.1, 0.15) is 11.8 Å². The Hall–Kier alpha value is -3.87. The van der Waals surface area contributed by atoms with Crippen LogP contribution in [0.4, 0.5) is 11.9 Å². The van der Waals surface area contributed by atoms with Crippen molar-refractivity contribution in [3.8, 4) is 5.75 Å². The second-order valence-corrected chi connectivity index (χ2v) is 6.63. The summed E-state index contributed by atoms with van der Waals surface area (Å²) in [6, 6.07) is 17.4. The lowest BCUT2D eigenvalue weighted by Crippen LogP contribution is -2.19. The molecule has 1 atom stereocenters. The van der Waals surface area contributed by atoms with E-state index in [1.165, 1.54) is 6.08 Å². The van der Waals surface area contributed by atoms with Crippen LogP contribution in [0, 0.1) is 0 Å².